The van der Waals surface area contributed by atoms with E-state index in [4.69, 9.17) is 21.4 Å². The fourth-order valence-corrected chi connectivity index (χ4v) is 4.75. The van der Waals surface area contributed by atoms with Gasteiger partial charge >= 0.3 is 0 Å². The van der Waals surface area contributed by atoms with Crippen LogP contribution in [-0.2, 0) is 5.41 Å². The maximum atomic E-state index is 6.49. The average molecular weight is 496 g/mol. The minimum atomic E-state index is -0.266. The monoisotopic (exact) mass is 494 g/mol. The second kappa shape index (κ2) is 7.68. The zero-order valence-corrected chi connectivity index (χ0v) is 20.1. The van der Waals surface area contributed by atoms with E-state index in [1.54, 1.807) is 0 Å². The van der Waals surface area contributed by atoms with Crippen LogP contribution in [0.2, 0.25) is 5.02 Å². The predicted molar refractivity (Wildman–Crippen MR) is 130 cm³/mol. The Morgan fingerprint density at radius 3 is 2.39 bits per heavy atom. The van der Waals surface area contributed by atoms with E-state index < -0.39 is 0 Å². The van der Waals surface area contributed by atoms with Crippen LogP contribution >= 0.6 is 27.5 Å². The number of benzene rings is 3. The van der Waals surface area contributed by atoms with E-state index >= 15 is 0 Å². The van der Waals surface area contributed by atoms with Crippen LogP contribution in [0.15, 0.2) is 76.3 Å². The lowest BCUT2D eigenvalue weighted by Gasteiger charge is -2.38. The fourth-order valence-electron chi connectivity index (χ4n) is 4.24. The van der Waals surface area contributed by atoms with Gasteiger partial charge in [0.1, 0.15) is 5.75 Å². The molecule has 3 aromatic rings. The Kier molecular flexibility index (Phi) is 5.10. The standard InChI is InChI=1S/C26H24BrClN2O/c1-26(2,3)18-8-4-17(5-9-18)25-30-23(21-14-19(27)10-13-24(21)31-25)15-22(29-30)16-6-11-20(28)12-7-16/h4-14,23,25H,15H2,1-3H3. The van der Waals surface area contributed by atoms with Crippen LogP contribution in [0.1, 0.15) is 61.7 Å². The molecule has 0 saturated heterocycles. The van der Waals surface area contributed by atoms with Crippen molar-refractivity contribution in [1.29, 1.82) is 0 Å². The summed E-state index contributed by atoms with van der Waals surface area (Å²) < 4.78 is 7.54. The molecule has 0 bridgehead atoms. The maximum Gasteiger partial charge on any atom is 0.213 e. The molecule has 31 heavy (non-hydrogen) atoms. The molecule has 2 aliphatic heterocycles. The molecule has 0 saturated carbocycles. The van der Waals surface area contributed by atoms with Gasteiger partial charge < -0.3 is 4.74 Å². The van der Waals surface area contributed by atoms with Crippen LogP contribution in [0.3, 0.4) is 0 Å². The molecule has 0 radical (unpaired) electrons. The van der Waals surface area contributed by atoms with Gasteiger partial charge in [0.25, 0.3) is 0 Å². The van der Waals surface area contributed by atoms with Crippen LogP contribution in [0.4, 0.5) is 0 Å². The highest BCUT2D eigenvalue weighted by molar-refractivity contribution is 9.10. The maximum absolute atomic E-state index is 6.49. The van der Waals surface area contributed by atoms with Gasteiger partial charge in [0.2, 0.25) is 6.23 Å². The molecule has 158 valence electrons. The SMILES string of the molecule is CC(C)(C)c1ccc(C2Oc3ccc(Br)cc3C3CC(c4ccc(Cl)cc4)=NN32)cc1. The molecule has 0 aromatic heterocycles. The van der Waals surface area contributed by atoms with Crippen molar-refractivity contribution in [2.75, 3.05) is 0 Å². The first kappa shape index (κ1) is 20.6. The summed E-state index contributed by atoms with van der Waals surface area (Å²) in [4.78, 5) is 0. The van der Waals surface area contributed by atoms with Crippen molar-refractivity contribution < 1.29 is 4.74 Å². The van der Waals surface area contributed by atoms with Gasteiger partial charge in [0.05, 0.1) is 11.8 Å². The van der Waals surface area contributed by atoms with Crippen LogP contribution in [0.5, 0.6) is 5.75 Å². The smallest absolute Gasteiger partial charge is 0.213 e. The van der Waals surface area contributed by atoms with E-state index in [0.29, 0.717) is 0 Å². The zero-order chi connectivity index (χ0) is 21.8. The Bertz CT molecular complexity index is 1150. The molecule has 0 N–H and O–H groups in total. The number of nitrogens with zero attached hydrogens (tertiary/aromatic N) is 2. The van der Waals surface area contributed by atoms with E-state index in [0.717, 1.165) is 44.1 Å². The molecular weight excluding hydrogens is 472 g/mol. The minimum Gasteiger partial charge on any atom is -0.464 e. The molecule has 5 heteroatoms. The number of fused-ring (bicyclic) bond motifs is 3. The summed E-state index contributed by atoms with van der Waals surface area (Å²) in [7, 11) is 0. The fraction of sp³-hybridized carbons (Fsp3) is 0.269. The lowest BCUT2D eigenvalue weighted by atomic mass is 9.86. The normalized spacial score (nSPS) is 20.0. The molecule has 0 spiro atoms. The molecule has 3 aromatic carbocycles. The van der Waals surface area contributed by atoms with Gasteiger partial charge in [-0.2, -0.15) is 5.10 Å². The minimum absolute atomic E-state index is 0.112. The van der Waals surface area contributed by atoms with E-state index in [-0.39, 0.29) is 17.7 Å². The third-order valence-corrected chi connectivity index (χ3v) is 6.74. The molecule has 5 rings (SSSR count). The molecule has 2 aliphatic rings. The summed E-state index contributed by atoms with van der Waals surface area (Å²) in [6.45, 7) is 6.69. The lowest BCUT2D eigenvalue weighted by molar-refractivity contribution is -0.0191. The third-order valence-electron chi connectivity index (χ3n) is 5.99. The molecule has 2 atom stereocenters. The highest BCUT2D eigenvalue weighted by atomic mass is 79.9. The lowest BCUT2D eigenvalue weighted by Crippen LogP contribution is -2.33. The van der Waals surface area contributed by atoms with E-state index in [9.17, 15) is 0 Å². The van der Waals surface area contributed by atoms with Crippen molar-refractivity contribution in [2.24, 2.45) is 5.10 Å². The van der Waals surface area contributed by atoms with Crippen molar-refractivity contribution in [3.05, 3.63) is 98.5 Å². The van der Waals surface area contributed by atoms with Crippen molar-refractivity contribution in [3.63, 3.8) is 0 Å². The molecule has 3 nitrogen and oxygen atoms in total. The number of hydrazone groups is 1. The summed E-state index contributed by atoms with van der Waals surface area (Å²) in [5.41, 5.74) is 5.82. The van der Waals surface area contributed by atoms with Gasteiger partial charge in [-0.3, -0.25) is 0 Å². The van der Waals surface area contributed by atoms with Gasteiger partial charge in [0, 0.05) is 27.0 Å². The summed E-state index contributed by atoms with van der Waals surface area (Å²) in [5, 5.41) is 7.88. The summed E-state index contributed by atoms with van der Waals surface area (Å²) in [6.07, 6.45) is 0.558. The number of halogens is 2. The van der Waals surface area contributed by atoms with Gasteiger partial charge in [-0.05, 0) is 46.9 Å². The Morgan fingerprint density at radius 1 is 1.00 bits per heavy atom. The first-order valence-corrected chi connectivity index (χ1v) is 11.6. The highest BCUT2D eigenvalue weighted by Crippen LogP contribution is 2.48. The number of hydrogen-bond donors (Lipinski definition) is 0. The Labute approximate surface area is 196 Å². The zero-order valence-electron chi connectivity index (χ0n) is 17.8. The summed E-state index contributed by atoms with van der Waals surface area (Å²) in [5.74, 6) is 0.918. The molecule has 2 heterocycles. The number of ether oxygens (including phenoxy) is 1. The van der Waals surface area contributed by atoms with Gasteiger partial charge in [0.15, 0.2) is 0 Å². The second-order valence-corrected chi connectivity index (χ2v) is 10.5. The van der Waals surface area contributed by atoms with Gasteiger partial charge in [-0.1, -0.05) is 84.7 Å². The first-order chi connectivity index (χ1) is 14.8. The molecule has 2 unspecified atom stereocenters. The molecule has 0 amide bonds. The van der Waals surface area contributed by atoms with Crippen molar-refractivity contribution in [3.8, 4) is 5.75 Å². The Balaban J connectivity index is 1.56. The van der Waals surface area contributed by atoms with Gasteiger partial charge in [-0.15, -0.1) is 0 Å². The van der Waals surface area contributed by atoms with Crippen LogP contribution < -0.4 is 4.74 Å². The van der Waals surface area contributed by atoms with Crippen molar-refractivity contribution in [1.82, 2.24) is 5.01 Å². The third kappa shape index (κ3) is 3.88. The highest BCUT2D eigenvalue weighted by Gasteiger charge is 2.41. The van der Waals surface area contributed by atoms with E-state index in [1.165, 1.54) is 5.56 Å². The van der Waals surface area contributed by atoms with Crippen LogP contribution in [0.25, 0.3) is 0 Å². The van der Waals surface area contributed by atoms with Crippen LogP contribution in [0, 0.1) is 0 Å². The average Bonchev–Trinajstić information content (AvgIpc) is 3.19. The van der Waals surface area contributed by atoms with Crippen molar-refractivity contribution >= 4 is 33.2 Å². The Hall–Kier alpha value is -2.30. The summed E-state index contributed by atoms with van der Waals surface area (Å²) >= 11 is 9.71. The largest absolute Gasteiger partial charge is 0.464 e. The Morgan fingerprint density at radius 2 is 1.71 bits per heavy atom. The molecular formula is C26H24BrClN2O. The quantitative estimate of drug-likeness (QED) is 0.365. The molecule has 0 aliphatic carbocycles. The van der Waals surface area contributed by atoms with Gasteiger partial charge in [-0.25, -0.2) is 5.01 Å². The van der Waals surface area contributed by atoms with Crippen molar-refractivity contribution in [2.45, 2.75) is 44.9 Å². The topological polar surface area (TPSA) is 24.8 Å². The predicted octanol–water partition coefficient (Wildman–Crippen LogP) is 7.64. The molecule has 0 fully saturated rings. The summed E-state index contributed by atoms with van der Waals surface area (Å²) in [6, 6.07) is 23.0. The van der Waals surface area contributed by atoms with E-state index in [1.807, 2.05) is 36.4 Å². The van der Waals surface area contributed by atoms with E-state index in [2.05, 4.69) is 72.0 Å². The first-order valence-electron chi connectivity index (χ1n) is 10.5. The van der Waals surface area contributed by atoms with Crippen LogP contribution in [-0.4, -0.2) is 10.7 Å². The number of hydrogen-bond acceptors (Lipinski definition) is 3. The number of rotatable bonds is 2. The second-order valence-electron chi connectivity index (χ2n) is 9.18.